The molecule has 2 aliphatic rings. The van der Waals surface area contributed by atoms with Crippen LogP contribution < -0.4 is 0 Å². The maximum atomic E-state index is 12.0. The van der Waals surface area contributed by atoms with Crippen LogP contribution in [0.5, 0.6) is 0 Å². The molecule has 0 aromatic carbocycles. The zero-order chi connectivity index (χ0) is 12.6. The van der Waals surface area contributed by atoms with Gasteiger partial charge in [0.1, 0.15) is 0 Å². The van der Waals surface area contributed by atoms with Crippen molar-refractivity contribution in [1.82, 2.24) is 0 Å². The molecule has 2 rings (SSSR count). The Bertz CT molecular complexity index is 294. The second kappa shape index (κ2) is 4.63. The molecule has 0 spiro atoms. The third kappa shape index (κ3) is 3.52. The van der Waals surface area contributed by atoms with E-state index in [0.717, 1.165) is 25.7 Å². The van der Waals surface area contributed by atoms with Gasteiger partial charge in [0.15, 0.2) is 0 Å². The Labute approximate surface area is 102 Å². The standard InChI is InChI=1S/C11H21O5P/c1-17(14,15-8-10(6-12)2-3-10)16-9-11(7-13)4-5-11/h12-13H,2-9H2,1H3. The third-order valence-corrected chi connectivity index (χ3v) is 4.99. The average Bonchev–Trinajstić information content (AvgIpc) is 3.21. The van der Waals surface area contributed by atoms with Crippen LogP contribution in [0.15, 0.2) is 0 Å². The predicted molar refractivity (Wildman–Crippen MR) is 62.9 cm³/mol. The molecule has 0 unspecified atom stereocenters. The molecule has 0 aliphatic heterocycles. The molecular formula is C11H21O5P. The van der Waals surface area contributed by atoms with Gasteiger partial charge in [0.05, 0.1) is 26.4 Å². The minimum Gasteiger partial charge on any atom is -0.396 e. The number of aliphatic hydroxyl groups excluding tert-OH is 2. The Balaban J connectivity index is 1.73. The summed E-state index contributed by atoms with van der Waals surface area (Å²) in [5.41, 5.74) is -0.355. The molecule has 17 heavy (non-hydrogen) atoms. The molecule has 0 aromatic heterocycles. The van der Waals surface area contributed by atoms with Crippen molar-refractivity contribution in [2.24, 2.45) is 10.8 Å². The molecule has 2 N–H and O–H groups in total. The summed E-state index contributed by atoms with van der Waals surface area (Å²) in [5, 5.41) is 18.2. The first kappa shape index (κ1) is 13.5. The van der Waals surface area contributed by atoms with E-state index in [1.807, 2.05) is 0 Å². The van der Waals surface area contributed by atoms with Crippen molar-refractivity contribution in [2.45, 2.75) is 25.7 Å². The Morgan fingerprint density at radius 3 is 1.59 bits per heavy atom. The van der Waals surface area contributed by atoms with Crippen LogP contribution in [0.2, 0.25) is 0 Å². The molecule has 0 saturated heterocycles. The first-order valence-electron chi connectivity index (χ1n) is 6.03. The molecule has 0 heterocycles. The second-order valence-corrected chi connectivity index (χ2v) is 7.69. The summed E-state index contributed by atoms with van der Waals surface area (Å²) in [4.78, 5) is 0. The minimum absolute atomic E-state index is 0.0770. The van der Waals surface area contributed by atoms with Gasteiger partial charge in [-0.05, 0) is 25.7 Å². The summed E-state index contributed by atoms with van der Waals surface area (Å²) in [6, 6.07) is 0. The Hall–Kier alpha value is 0.0700. The number of aliphatic hydroxyl groups is 2. The van der Waals surface area contributed by atoms with Gasteiger partial charge in [-0.15, -0.1) is 0 Å². The second-order valence-electron chi connectivity index (χ2n) is 5.63. The summed E-state index contributed by atoms with van der Waals surface area (Å²) in [6.07, 6.45) is 3.68. The highest BCUT2D eigenvalue weighted by atomic mass is 31.2. The van der Waals surface area contributed by atoms with E-state index in [0.29, 0.717) is 13.2 Å². The van der Waals surface area contributed by atoms with E-state index in [2.05, 4.69) is 0 Å². The van der Waals surface area contributed by atoms with E-state index in [4.69, 9.17) is 19.3 Å². The quantitative estimate of drug-likeness (QED) is 0.648. The highest BCUT2D eigenvalue weighted by Crippen LogP contribution is 2.54. The topological polar surface area (TPSA) is 76.0 Å². The summed E-state index contributed by atoms with van der Waals surface area (Å²) >= 11 is 0. The Kier molecular flexibility index (Phi) is 3.68. The summed E-state index contributed by atoms with van der Waals surface area (Å²) in [6.45, 7) is 2.20. The molecule has 6 heteroatoms. The maximum Gasteiger partial charge on any atom is 0.327 e. The fourth-order valence-electron chi connectivity index (χ4n) is 1.60. The van der Waals surface area contributed by atoms with E-state index >= 15 is 0 Å². The fraction of sp³-hybridized carbons (Fsp3) is 1.00. The lowest BCUT2D eigenvalue weighted by Crippen LogP contribution is -2.17. The molecule has 5 nitrogen and oxygen atoms in total. The zero-order valence-electron chi connectivity index (χ0n) is 10.2. The summed E-state index contributed by atoms with van der Waals surface area (Å²) < 4.78 is 22.6. The van der Waals surface area contributed by atoms with Crippen molar-refractivity contribution in [1.29, 1.82) is 0 Å². The van der Waals surface area contributed by atoms with Crippen LogP contribution in [0, 0.1) is 10.8 Å². The molecule has 2 aliphatic carbocycles. The van der Waals surface area contributed by atoms with E-state index in [-0.39, 0.29) is 24.0 Å². The molecule has 2 fully saturated rings. The summed E-state index contributed by atoms with van der Waals surface area (Å²) in [7, 11) is -3.05. The van der Waals surface area contributed by atoms with E-state index < -0.39 is 7.60 Å². The van der Waals surface area contributed by atoms with Crippen LogP contribution >= 0.6 is 7.60 Å². The Morgan fingerprint density at radius 1 is 1.00 bits per heavy atom. The van der Waals surface area contributed by atoms with Crippen molar-refractivity contribution in [3.8, 4) is 0 Å². The molecule has 100 valence electrons. The van der Waals surface area contributed by atoms with Crippen LogP contribution in [-0.4, -0.2) is 43.3 Å². The smallest absolute Gasteiger partial charge is 0.327 e. The highest BCUT2D eigenvalue weighted by Gasteiger charge is 2.46. The van der Waals surface area contributed by atoms with Crippen molar-refractivity contribution in [3.63, 3.8) is 0 Å². The molecule has 0 bridgehead atoms. The van der Waals surface area contributed by atoms with Gasteiger partial charge in [-0.3, -0.25) is 4.57 Å². The molecule has 0 atom stereocenters. The monoisotopic (exact) mass is 264 g/mol. The summed E-state index contributed by atoms with van der Waals surface area (Å²) in [5.74, 6) is 0. The lowest BCUT2D eigenvalue weighted by molar-refractivity contribution is 0.104. The van der Waals surface area contributed by atoms with Gasteiger partial charge in [-0.25, -0.2) is 0 Å². The minimum atomic E-state index is -3.05. The first-order valence-corrected chi connectivity index (χ1v) is 8.02. The molecule has 0 amide bonds. The lowest BCUT2D eigenvalue weighted by Gasteiger charge is -2.20. The normalized spacial score (nSPS) is 24.6. The van der Waals surface area contributed by atoms with E-state index in [9.17, 15) is 4.57 Å². The number of hydrogen-bond acceptors (Lipinski definition) is 5. The molecular weight excluding hydrogens is 243 g/mol. The molecule has 2 saturated carbocycles. The number of hydrogen-bond donors (Lipinski definition) is 2. The van der Waals surface area contributed by atoms with Crippen molar-refractivity contribution in [2.75, 3.05) is 33.1 Å². The van der Waals surface area contributed by atoms with Gasteiger partial charge in [0, 0.05) is 17.5 Å². The SMILES string of the molecule is CP(=O)(OCC1(CO)CC1)OCC1(CO)CC1. The third-order valence-electron chi connectivity index (χ3n) is 3.80. The average molecular weight is 264 g/mol. The van der Waals surface area contributed by atoms with E-state index in [1.165, 1.54) is 6.66 Å². The molecule has 0 aromatic rings. The zero-order valence-corrected chi connectivity index (χ0v) is 11.1. The Morgan fingerprint density at radius 2 is 1.35 bits per heavy atom. The molecule has 0 radical (unpaired) electrons. The van der Waals surface area contributed by atoms with Gasteiger partial charge in [-0.2, -0.15) is 0 Å². The van der Waals surface area contributed by atoms with Crippen molar-refractivity contribution < 1.29 is 23.8 Å². The first-order chi connectivity index (χ1) is 7.95. The van der Waals surface area contributed by atoms with Crippen molar-refractivity contribution in [3.05, 3.63) is 0 Å². The van der Waals surface area contributed by atoms with Gasteiger partial charge >= 0.3 is 7.60 Å². The largest absolute Gasteiger partial charge is 0.396 e. The predicted octanol–water partition coefficient (Wildman–Crippen LogP) is 1.39. The van der Waals surface area contributed by atoms with Gasteiger partial charge in [0.2, 0.25) is 0 Å². The van der Waals surface area contributed by atoms with Gasteiger partial charge < -0.3 is 19.3 Å². The van der Waals surface area contributed by atoms with Crippen LogP contribution in [-0.2, 0) is 13.6 Å². The van der Waals surface area contributed by atoms with Crippen LogP contribution in [0.1, 0.15) is 25.7 Å². The fourth-order valence-corrected chi connectivity index (χ4v) is 2.69. The number of rotatable bonds is 8. The van der Waals surface area contributed by atoms with Gasteiger partial charge in [0.25, 0.3) is 0 Å². The highest BCUT2D eigenvalue weighted by molar-refractivity contribution is 7.52. The maximum absolute atomic E-state index is 12.0. The lowest BCUT2D eigenvalue weighted by atomic mass is 10.1. The van der Waals surface area contributed by atoms with Crippen molar-refractivity contribution >= 4 is 7.60 Å². The van der Waals surface area contributed by atoms with Crippen LogP contribution in [0.3, 0.4) is 0 Å². The van der Waals surface area contributed by atoms with Crippen LogP contribution in [0.4, 0.5) is 0 Å². The van der Waals surface area contributed by atoms with Gasteiger partial charge in [-0.1, -0.05) is 0 Å². The van der Waals surface area contributed by atoms with Crippen LogP contribution in [0.25, 0.3) is 0 Å². The van der Waals surface area contributed by atoms with E-state index in [1.54, 1.807) is 0 Å².